The van der Waals surface area contributed by atoms with Crippen LogP contribution in [-0.2, 0) is 29.1 Å². The second-order valence-corrected chi connectivity index (χ2v) is 9.43. The molecule has 1 aromatic heterocycles. The largest absolute Gasteiger partial charge is 0.473 e. The maximum atomic E-state index is 9.10. The Hall–Kier alpha value is -3.68. The number of fused-ring (bicyclic) bond motifs is 3. The summed E-state index contributed by atoms with van der Waals surface area (Å²) in [7, 11) is 0. The first kappa shape index (κ1) is 26.4. The fourth-order valence-electron chi connectivity index (χ4n) is 5.12. The average molecular weight is 502 g/mol. The molecule has 3 aromatic carbocycles. The van der Waals surface area contributed by atoms with Crippen LogP contribution in [-0.4, -0.2) is 69.2 Å². The van der Waals surface area contributed by atoms with E-state index in [9.17, 15) is 0 Å². The highest BCUT2D eigenvalue weighted by molar-refractivity contribution is 6.27. The van der Waals surface area contributed by atoms with Crippen molar-refractivity contribution in [3.05, 3.63) is 83.9 Å². The van der Waals surface area contributed by atoms with Gasteiger partial charge >= 0.3 is 11.9 Å². The number of para-hydroxylation sites is 1. The zero-order valence-corrected chi connectivity index (χ0v) is 21.3. The molecule has 0 spiro atoms. The first-order valence-electron chi connectivity index (χ1n) is 12.9. The Bertz CT molecular complexity index is 1330. The number of piperazine rings is 1. The number of nitrogens with zero attached hydrogens (tertiary/aromatic N) is 3. The van der Waals surface area contributed by atoms with Gasteiger partial charge in [-0.25, -0.2) is 9.59 Å². The van der Waals surface area contributed by atoms with Crippen molar-refractivity contribution in [3.63, 3.8) is 0 Å². The number of benzene rings is 3. The first-order chi connectivity index (χ1) is 18.0. The Kier molecular flexibility index (Phi) is 8.93. The molecule has 37 heavy (non-hydrogen) atoms. The highest BCUT2D eigenvalue weighted by atomic mass is 16.4. The molecule has 5 rings (SSSR count). The van der Waals surface area contributed by atoms with E-state index in [4.69, 9.17) is 19.8 Å². The van der Waals surface area contributed by atoms with Crippen molar-refractivity contribution in [1.29, 1.82) is 0 Å². The molecule has 0 bridgehead atoms. The molecule has 1 aliphatic rings. The first-order valence-corrected chi connectivity index (χ1v) is 12.9. The smallest absolute Gasteiger partial charge is 0.414 e. The number of aromatic nitrogens is 1. The van der Waals surface area contributed by atoms with Gasteiger partial charge in [0.25, 0.3) is 0 Å². The summed E-state index contributed by atoms with van der Waals surface area (Å²) in [6.45, 7) is 10.2. The Morgan fingerprint density at radius 1 is 0.730 bits per heavy atom. The van der Waals surface area contributed by atoms with Gasteiger partial charge < -0.3 is 19.7 Å². The molecule has 0 aliphatic carbocycles. The van der Waals surface area contributed by atoms with Crippen LogP contribution in [0.4, 0.5) is 0 Å². The van der Waals surface area contributed by atoms with Crippen LogP contribution >= 0.6 is 0 Å². The van der Waals surface area contributed by atoms with E-state index in [0.29, 0.717) is 0 Å². The van der Waals surface area contributed by atoms with E-state index >= 15 is 0 Å². The number of aliphatic carboxylic acids is 2. The highest BCUT2D eigenvalue weighted by Gasteiger charge is 2.17. The number of aryl methyl sites for hydroxylation is 2. The van der Waals surface area contributed by atoms with Crippen molar-refractivity contribution in [2.45, 2.75) is 32.9 Å². The Balaban J connectivity index is 0.000000480. The van der Waals surface area contributed by atoms with E-state index in [1.165, 1.54) is 78.5 Å². The van der Waals surface area contributed by atoms with Gasteiger partial charge in [-0.1, -0.05) is 54.6 Å². The summed E-state index contributed by atoms with van der Waals surface area (Å²) in [5.41, 5.74) is 5.60. The predicted molar refractivity (Wildman–Crippen MR) is 147 cm³/mol. The van der Waals surface area contributed by atoms with Crippen LogP contribution in [0.3, 0.4) is 0 Å². The maximum absolute atomic E-state index is 9.10. The lowest BCUT2D eigenvalue weighted by atomic mass is 10.1. The van der Waals surface area contributed by atoms with Gasteiger partial charge in [-0.3, -0.25) is 4.90 Å². The number of carbonyl (C=O) groups is 2. The molecule has 0 saturated carbocycles. The van der Waals surface area contributed by atoms with E-state index in [0.717, 1.165) is 13.1 Å². The Labute approximate surface area is 217 Å². The lowest BCUT2D eigenvalue weighted by Gasteiger charge is -2.34. The number of hydrogen-bond acceptors (Lipinski definition) is 4. The average Bonchev–Trinajstić information content (AvgIpc) is 3.23. The van der Waals surface area contributed by atoms with E-state index in [-0.39, 0.29) is 0 Å². The standard InChI is InChI=1S/C28H33N3.C2H2O4/c1-2-31-27-13-7-6-12-25(27)26-21-24(14-15-28(26)31)22-30-19-17-29(18-20-30)16-8-11-23-9-4-3-5-10-23;3-1(4)2(5)6/h3-7,9-10,12-15,21H,2,8,11,16-20,22H2,1H3;(H,3,4)(H,5,6). The van der Waals surface area contributed by atoms with Gasteiger partial charge in [-0.2, -0.15) is 0 Å². The van der Waals surface area contributed by atoms with Crippen LogP contribution < -0.4 is 0 Å². The maximum Gasteiger partial charge on any atom is 0.414 e. The van der Waals surface area contributed by atoms with Gasteiger partial charge in [-0.15, -0.1) is 0 Å². The molecule has 7 nitrogen and oxygen atoms in total. The van der Waals surface area contributed by atoms with Gasteiger partial charge in [-0.05, 0) is 55.6 Å². The molecule has 0 amide bonds. The van der Waals surface area contributed by atoms with E-state index in [2.05, 4.69) is 94.1 Å². The minimum absolute atomic E-state index is 1.01. The monoisotopic (exact) mass is 501 g/mol. The summed E-state index contributed by atoms with van der Waals surface area (Å²) in [6.07, 6.45) is 2.44. The quantitative estimate of drug-likeness (QED) is 0.357. The number of carboxylic acids is 2. The summed E-state index contributed by atoms with van der Waals surface area (Å²) in [4.78, 5) is 23.5. The number of hydrogen-bond donors (Lipinski definition) is 2. The molecule has 1 aliphatic heterocycles. The molecule has 194 valence electrons. The van der Waals surface area contributed by atoms with Gasteiger partial charge in [0.05, 0.1) is 0 Å². The third-order valence-electron chi connectivity index (χ3n) is 6.99. The number of carboxylic acid groups (broad SMARTS) is 2. The summed E-state index contributed by atoms with van der Waals surface area (Å²) < 4.78 is 2.43. The van der Waals surface area contributed by atoms with Crippen LogP contribution in [0.5, 0.6) is 0 Å². The van der Waals surface area contributed by atoms with Crippen LogP contribution in [0, 0.1) is 0 Å². The van der Waals surface area contributed by atoms with E-state index in [1.807, 2.05) is 0 Å². The summed E-state index contributed by atoms with van der Waals surface area (Å²) >= 11 is 0. The molecule has 1 saturated heterocycles. The van der Waals surface area contributed by atoms with Crippen molar-refractivity contribution in [3.8, 4) is 0 Å². The van der Waals surface area contributed by atoms with Crippen LogP contribution in [0.25, 0.3) is 21.8 Å². The second-order valence-electron chi connectivity index (χ2n) is 9.43. The van der Waals surface area contributed by atoms with E-state index in [1.54, 1.807) is 0 Å². The molecule has 7 heteroatoms. The summed E-state index contributed by atoms with van der Waals surface area (Å²) in [5.74, 6) is -3.65. The molecule has 4 aromatic rings. The highest BCUT2D eigenvalue weighted by Crippen LogP contribution is 2.30. The molecule has 1 fully saturated rings. The van der Waals surface area contributed by atoms with Crippen LogP contribution in [0.1, 0.15) is 24.5 Å². The lowest BCUT2D eigenvalue weighted by molar-refractivity contribution is -0.159. The Morgan fingerprint density at radius 2 is 1.35 bits per heavy atom. The third kappa shape index (κ3) is 6.76. The van der Waals surface area contributed by atoms with Crippen molar-refractivity contribution in [2.75, 3.05) is 32.7 Å². The normalized spacial score (nSPS) is 14.4. The van der Waals surface area contributed by atoms with Crippen LogP contribution in [0.15, 0.2) is 72.8 Å². The summed E-state index contributed by atoms with van der Waals surface area (Å²) in [5, 5.41) is 17.6. The minimum atomic E-state index is -1.82. The lowest BCUT2D eigenvalue weighted by Crippen LogP contribution is -2.46. The molecular formula is C30H35N3O4. The zero-order chi connectivity index (χ0) is 26.2. The third-order valence-corrected chi connectivity index (χ3v) is 6.99. The molecule has 0 atom stereocenters. The zero-order valence-electron chi connectivity index (χ0n) is 21.3. The fourth-order valence-corrected chi connectivity index (χ4v) is 5.12. The SMILES string of the molecule is CCn1c2ccccc2c2cc(CN3CCN(CCCc4ccccc4)CC3)ccc21.O=C(O)C(=O)O. The second kappa shape index (κ2) is 12.5. The van der Waals surface area contributed by atoms with E-state index < -0.39 is 11.9 Å². The van der Waals surface area contributed by atoms with Gasteiger partial charge in [0.1, 0.15) is 0 Å². The van der Waals surface area contributed by atoms with Gasteiger partial charge in [0.15, 0.2) is 0 Å². The van der Waals surface area contributed by atoms with Crippen molar-refractivity contribution in [2.24, 2.45) is 0 Å². The van der Waals surface area contributed by atoms with Crippen molar-refractivity contribution in [1.82, 2.24) is 14.4 Å². The minimum Gasteiger partial charge on any atom is -0.473 e. The van der Waals surface area contributed by atoms with Gasteiger partial charge in [0.2, 0.25) is 0 Å². The molecule has 2 heterocycles. The molecule has 0 unspecified atom stereocenters. The topological polar surface area (TPSA) is 86.0 Å². The molecular weight excluding hydrogens is 466 g/mol. The number of rotatable bonds is 7. The summed E-state index contributed by atoms with van der Waals surface area (Å²) in [6, 6.07) is 26.8. The predicted octanol–water partition coefficient (Wildman–Crippen LogP) is 4.72. The molecule has 2 N–H and O–H groups in total. The van der Waals surface area contributed by atoms with Crippen molar-refractivity contribution < 1.29 is 19.8 Å². The molecule has 0 radical (unpaired) electrons. The van der Waals surface area contributed by atoms with Gasteiger partial charge in [0, 0.05) is 61.1 Å². The van der Waals surface area contributed by atoms with Crippen LogP contribution in [0.2, 0.25) is 0 Å². The fraction of sp³-hybridized carbons (Fsp3) is 0.333. The Morgan fingerprint density at radius 3 is 2.03 bits per heavy atom. The van der Waals surface area contributed by atoms with Crippen molar-refractivity contribution >= 4 is 33.7 Å².